The van der Waals surface area contributed by atoms with E-state index in [9.17, 15) is 9.18 Å². The summed E-state index contributed by atoms with van der Waals surface area (Å²) in [6.07, 6.45) is 2.86. The molecule has 42 heavy (non-hydrogen) atoms. The minimum Gasteiger partial charge on any atom is -0.351 e. The van der Waals surface area contributed by atoms with Crippen LogP contribution in [-0.4, -0.2) is 58.2 Å². The van der Waals surface area contributed by atoms with Gasteiger partial charge in [-0.2, -0.15) is 0 Å². The number of hydrogen-bond donors (Lipinski definition) is 4. The zero-order valence-electron chi connectivity index (χ0n) is 23.4. The molecule has 2 fully saturated rings. The molecule has 2 saturated heterocycles. The minimum atomic E-state index is -0.859. The third-order valence-electron chi connectivity index (χ3n) is 7.60. The summed E-state index contributed by atoms with van der Waals surface area (Å²) in [5, 5.41) is 9.78. The molecule has 2 aliphatic heterocycles. The normalized spacial score (nSPS) is 21.1. The lowest BCUT2D eigenvalue weighted by molar-refractivity contribution is -0.231. The van der Waals surface area contributed by atoms with Crippen LogP contribution in [0.1, 0.15) is 37.4 Å². The number of carbonyl (C=O) groups excluding carboxylic acids is 1. The summed E-state index contributed by atoms with van der Waals surface area (Å²) >= 11 is 0. The number of nitrogens with zero attached hydrogens (tertiary/aromatic N) is 3. The Hall–Kier alpha value is -4.19. The number of hydrogen-bond acceptors (Lipinski definition) is 8. The molecular formula is C31H34FN7O3. The van der Waals surface area contributed by atoms with Crippen molar-refractivity contribution in [2.75, 3.05) is 31.6 Å². The van der Waals surface area contributed by atoms with Gasteiger partial charge in [-0.1, -0.05) is 30.3 Å². The lowest BCUT2D eigenvalue weighted by Crippen LogP contribution is -2.48. The van der Waals surface area contributed by atoms with Crippen molar-refractivity contribution in [3.8, 4) is 22.6 Å². The number of ether oxygens (including phenoxy) is 2. The van der Waals surface area contributed by atoms with Crippen LogP contribution in [0, 0.1) is 11.2 Å². The zero-order chi connectivity index (χ0) is 28.9. The molecule has 2 aromatic heterocycles. The Morgan fingerprint density at radius 1 is 1.02 bits per heavy atom. The minimum absolute atomic E-state index is 0.147. The van der Waals surface area contributed by atoms with Crippen LogP contribution in [0.4, 0.5) is 10.3 Å². The second-order valence-corrected chi connectivity index (χ2v) is 11.0. The monoisotopic (exact) mass is 571 g/mol. The van der Waals surface area contributed by atoms with Gasteiger partial charge < -0.3 is 30.4 Å². The highest BCUT2D eigenvalue weighted by Gasteiger charge is 2.40. The van der Waals surface area contributed by atoms with Crippen LogP contribution in [0.15, 0.2) is 66.9 Å². The number of nitrogens with one attached hydrogen (secondary N) is 4. The number of rotatable bonds is 8. The zero-order valence-corrected chi connectivity index (χ0v) is 23.4. The van der Waals surface area contributed by atoms with Gasteiger partial charge in [0.25, 0.3) is 0 Å². The Kier molecular flexibility index (Phi) is 8.22. The number of piperidine rings is 1. The summed E-state index contributed by atoms with van der Waals surface area (Å²) in [6.45, 7) is 4.44. The van der Waals surface area contributed by atoms with Gasteiger partial charge in [-0.25, -0.2) is 19.3 Å². The van der Waals surface area contributed by atoms with Crippen LogP contribution in [0.3, 0.4) is 0 Å². The first-order valence-corrected chi connectivity index (χ1v) is 14.2. The third kappa shape index (κ3) is 6.33. The lowest BCUT2D eigenvalue weighted by atomic mass is 9.91. The number of halogens is 1. The van der Waals surface area contributed by atoms with Gasteiger partial charge in [-0.05, 0) is 68.8 Å². The van der Waals surface area contributed by atoms with E-state index in [1.807, 2.05) is 37.3 Å². The largest absolute Gasteiger partial charge is 0.351 e. The second kappa shape index (κ2) is 12.4. The van der Waals surface area contributed by atoms with E-state index in [-0.39, 0.29) is 24.9 Å². The Morgan fingerprint density at radius 3 is 2.50 bits per heavy atom. The number of imidazole rings is 1. The van der Waals surface area contributed by atoms with E-state index < -0.39 is 11.7 Å². The third-order valence-corrected chi connectivity index (χ3v) is 7.60. The molecule has 1 amide bonds. The van der Waals surface area contributed by atoms with Crippen molar-refractivity contribution in [2.24, 2.45) is 5.41 Å². The molecule has 4 heterocycles. The molecule has 4 aromatic rings. The highest BCUT2D eigenvalue weighted by Crippen LogP contribution is 2.35. The standard InChI is InChI=1S/C31H34FN7O3/c1-31(29(40)35-17-20-5-3-2-4-6-20)18-41-28(42-19-31)27-38-25(21-7-9-22(32)10-8-21)26(39-27)24-13-16-34-30(37-24)36-23-11-14-33-15-12-23/h2-10,13,16,23,28,33H,11-12,14-15,17-19H2,1H3,(H,35,40)(H,38,39)(H,34,36,37). The molecule has 2 aromatic carbocycles. The number of anilines is 1. The van der Waals surface area contributed by atoms with Crippen molar-refractivity contribution >= 4 is 11.9 Å². The highest BCUT2D eigenvalue weighted by atomic mass is 19.1. The van der Waals surface area contributed by atoms with E-state index in [0.717, 1.165) is 31.5 Å². The molecule has 0 spiro atoms. The highest BCUT2D eigenvalue weighted by molar-refractivity contribution is 5.82. The maximum Gasteiger partial charge on any atom is 0.230 e. The van der Waals surface area contributed by atoms with Gasteiger partial charge in [0.1, 0.15) is 5.82 Å². The number of aromatic nitrogens is 4. The maximum absolute atomic E-state index is 13.8. The molecule has 0 radical (unpaired) electrons. The average Bonchev–Trinajstić information content (AvgIpc) is 3.47. The van der Waals surface area contributed by atoms with Crippen molar-refractivity contribution in [2.45, 2.75) is 38.6 Å². The summed E-state index contributed by atoms with van der Waals surface area (Å²) in [5.41, 5.74) is 2.70. The van der Waals surface area contributed by atoms with E-state index in [4.69, 9.17) is 19.4 Å². The van der Waals surface area contributed by atoms with E-state index in [0.29, 0.717) is 47.0 Å². The lowest BCUT2D eigenvalue weighted by Gasteiger charge is -2.35. The summed E-state index contributed by atoms with van der Waals surface area (Å²) in [4.78, 5) is 30.3. The van der Waals surface area contributed by atoms with Gasteiger partial charge in [-0.15, -0.1) is 0 Å². The van der Waals surface area contributed by atoms with Gasteiger partial charge in [-0.3, -0.25) is 4.79 Å². The molecule has 10 nitrogen and oxygen atoms in total. The van der Waals surface area contributed by atoms with Crippen molar-refractivity contribution < 1.29 is 18.7 Å². The van der Waals surface area contributed by atoms with Crippen LogP contribution < -0.4 is 16.0 Å². The summed E-state index contributed by atoms with van der Waals surface area (Å²) < 4.78 is 25.8. The van der Waals surface area contributed by atoms with Crippen LogP contribution in [0.2, 0.25) is 0 Å². The SMILES string of the molecule is CC1(C(=O)NCc2ccccc2)COC(c2nc(-c3ccc(F)cc3)c(-c3ccnc(NC4CCNCC4)n3)[nH]2)OC1. The molecule has 218 valence electrons. The molecule has 4 N–H and O–H groups in total. The van der Waals surface area contributed by atoms with Crippen molar-refractivity contribution in [3.63, 3.8) is 0 Å². The molecule has 2 aliphatic rings. The molecule has 11 heteroatoms. The van der Waals surface area contributed by atoms with Crippen molar-refractivity contribution in [3.05, 3.63) is 84.1 Å². The van der Waals surface area contributed by atoms with Gasteiger partial charge in [0, 0.05) is 24.3 Å². The molecule has 0 aliphatic carbocycles. The van der Waals surface area contributed by atoms with E-state index >= 15 is 0 Å². The molecule has 0 unspecified atom stereocenters. The van der Waals surface area contributed by atoms with E-state index in [1.165, 1.54) is 12.1 Å². The first-order valence-electron chi connectivity index (χ1n) is 14.2. The summed E-state index contributed by atoms with van der Waals surface area (Å²) in [6, 6.07) is 18.0. The molecule has 0 saturated carbocycles. The van der Waals surface area contributed by atoms with Gasteiger partial charge in [0.15, 0.2) is 5.82 Å². The number of amides is 1. The van der Waals surface area contributed by atoms with Crippen LogP contribution in [0.25, 0.3) is 22.6 Å². The first-order chi connectivity index (χ1) is 20.5. The Bertz CT molecular complexity index is 1500. The van der Waals surface area contributed by atoms with Crippen LogP contribution >= 0.6 is 0 Å². The molecule has 0 bridgehead atoms. The number of H-pyrrole nitrogens is 1. The molecular weight excluding hydrogens is 537 g/mol. The number of carbonyl (C=O) groups is 1. The second-order valence-electron chi connectivity index (χ2n) is 11.0. The fourth-order valence-electron chi connectivity index (χ4n) is 5.11. The topological polar surface area (TPSA) is 126 Å². The Labute approximate surface area is 243 Å². The van der Waals surface area contributed by atoms with E-state index in [1.54, 1.807) is 24.4 Å². The van der Waals surface area contributed by atoms with Gasteiger partial charge in [0.2, 0.25) is 18.1 Å². The number of aromatic amines is 1. The van der Waals surface area contributed by atoms with Gasteiger partial charge >= 0.3 is 0 Å². The van der Waals surface area contributed by atoms with Gasteiger partial charge in [0.05, 0.1) is 35.7 Å². The Balaban J connectivity index is 1.21. The van der Waals surface area contributed by atoms with Crippen LogP contribution in [-0.2, 0) is 20.8 Å². The Morgan fingerprint density at radius 2 is 1.76 bits per heavy atom. The summed E-state index contributed by atoms with van der Waals surface area (Å²) in [7, 11) is 0. The smallest absolute Gasteiger partial charge is 0.230 e. The average molecular weight is 572 g/mol. The fourth-order valence-corrected chi connectivity index (χ4v) is 5.11. The maximum atomic E-state index is 13.8. The van der Waals surface area contributed by atoms with Crippen molar-refractivity contribution in [1.29, 1.82) is 0 Å². The number of benzene rings is 2. The predicted molar refractivity (Wildman–Crippen MR) is 156 cm³/mol. The fraction of sp³-hybridized carbons (Fsp3) is 0.355. The predicted octanol–water partition coefficient (Wildman–Crippen LogP) is 4.20. The molecule has 6 rings (SSSR count). The molecule has 0 atom stereocenters. The quantitative estimate of drug-likeness (QED) is 0.248. The van der Waals surface area contributed by atoms with Crippen molar-refractivity contribution in [1.82, 2.24) is 30.6 Å². The van der Waals surface area contributed by atoms with Crippen LogP contribution in [0.5, 0.6) is 0 Å². The van der Waals surface area contributed by atoms with E-state index in [2.05, 4.69) is 25.9 Å². The first kappa shape index (κ1) is 28.0. The summed E-state index contributed by atoms with van der Waals surface area (Å²) in [5.74, 6) is 0.479.